The van der Waals surface area contributed by atoms with E-state index in [-0.39, 0.29) is 0 Å². The van der Waals surface area contributed by atoms with E-state index in [0.29, 0.717) is 11.4 Å². The van der Waals surface area contributed by atoms with Gasteiger partial charge < -0.3 is 0 Å². The quantitative estimate of drug-likeness (QED) is 0.677. The molecule has 2 aromatic rings. The highest BCUT2D eigenvalue weighted by Crippen LogP contribution is 2.41. The van der Waals surface area contributed by atoms with Gasteiger partial charge in [0.2, 0.25) is 0 Å². The smallest absolute Gasteiger partial charge is 0.264 e. The van der Waals surface area contributed by atoms with Gasteiger partial charge in [0.1, 0.15) is 5.69 Å². The van der Waals surface area contributed by atoms with E-state index in [1.807, 2.05) is 6.07 Å². The van der Waals surface area contributed by atoms with E-state index in [1.165, 1.54) is 5.69 Å². The minimum Gasteiger partial charge on any atom is -0.295 e. The summed E-state index contributed by atoms with van der Waals surface area (Å²) in [5, 5.41) is 0. The largest absolute Gasteiger partial charge is 0.295 e. The fourth-order valence-corrected chi connectivity index (χ4v) is 7.08. The van der Waals surface area contributed by atoms with Crippen molar-refractivity contribution in [3.8, 4) is 0 Å². The zero-order valence-electron chi connectivity index (χ0n) is 17.3. The van der Waals surface area contributed by atoms with Crippen molar-refractivity contribution in [1.82, 2.24) is 9.38 Å². The van der Waals surface area contributed by atoms with E-state index in [9.17, 15) is 8.42 Å². The Morgan fingerprint density at radius 1 is 1.03 bits per heavy atom. The number of quaternary nitrogens is 1. The predicted octanol–water partition coefficient (Wildman–Crippen LogP) is 3.65. The first-order valence-corrected chi connectivity index (χ1v) is 12.8. The molecule has 7 heteroatoms. The Hall–Kier alpha value is -1.54. The molecule has 4 rings (SSSR count). The highest BCUT2D eigenvalue weighted by molar-refractivity contribution is 8.00. The Kier molecular flexibility index (Phi) is 5.93. The third kappa shape index (κ3) is 3.93. The molecule has 0 saturated carbocycles. The molecule has 156 valence electrons. The number of hydrogen-bond acceptors (Lipinski definition) is 4. The maximum atomic E-state index is 13.4. The highest BCUT2D eigenvalue weighted by atomic mass is 32.2. The molecule has 0 spiro atoms. The summed E-state index contributed by atoms with van der Waals surface area (Å²) in [6.45, 7) is 8.11. The Balaban J connectivity index is 1.76. The minimum atomic E-state index is -3.56. The summed E-state index contributed by atoms with van der Waals surface area (Å²) < 4.78 is 29.3. The van der Waals surface area contributed by atoms with Crippen LogP contribution in [0.15, 0.2) is 58.3 Å². The van der Waals surface area contributed by atoms with Gasteiger partial charge in [-0.15, -0.1) is 11.8 Å². The number of likely N-dealkylation sites (N-methyl/N-ethyl adjacent to an activating group) is 1. The fourth-order valence-electron chi connectivity index (χ4n) is 4.43. The second-order valence-electron chi connectivity index (χ2n) is 8.01. The van der Waals surface area contributed by atoms with Gasteiger partial charge >= 0.3 is 0 Å². The molecular formula is C22H30N3O2S2+. The van der Waals surface area contributed by atoms with Gasteiger partial charge in [0, 0.05) is 42.4 Å². The number of fused-ring (bicyclic) bond motifs is 1. The number of hydrogen-bond donors (Lipinski definition) is 0. The third-order valence-corrected chi connectivity index (χ3v) is 8.98. The number of piperazine rings is 1. The van der Waals surface area contributed by atoms with Crippen molar-refractivity contribution in [2.24, 2.45) is 0 Å². The molecule has 0 aliphatic carbocycles. The lowest BCUT2D eigenvalue weighted by Crippen LogP contribution is -2.60. The standard InChI is InChI=1S/C22H30N3O2S2/c1-3-14-25(15-11-23(2)12-16-25)19-9-10-22-21(18-19)24(13-17-28-22)29(26,27)20-7-5-4-6-8-20/h4-10,18H,3,11-17H2,1-2H3/q+1. The fraction of sp³-hybridized carbons (Fsp3) is 0.455. The lowest BCUT2D eigenvalue weighted by atomic mass is 10.1. The van der Waals surface area contributed by atoms with Crippen LogP contribution >= 0.6 is 11.8 Å². The highest BCUT2D eigenvalue weighted by Gasteiger charge is 2.36. The Morgan fingerprint density at radius 2 is 1.76 bits per heavy atom. The average Bonchev–Trinajstić information content (AvgIpc) is 2.75. The summed E-state index contributed by atoms with van der Waals surface area (Å²) in [6, 6.07) is 15.3. The van der Waals surface area contributed by atoms with Crippen LogP contribution < -0.4 is 8.79 Å². The van der Waals surface area contributed by atoms with Crippen LogP contribution in [0, 0.1) is 0 Å². The number of rotatable bonds is 5. The van der Waals surface area contributed by atoms with Gasteiger partial charge in [0.15, 0.2) is 0 Å². The monoisotopic (exact) mass is 432 g/mol. The molecular weight excluding hydrogens is 402 g/mol. The number of sulfonamides is 1. The van der Waals surface area contributed by atoms with Crippen molar-refractivity contribution in [3.05, 3.63) is 48.5 Å². The van der Waals surface area contributed by atoms with Crippen LogP contribution in [0.25, 0.3) is 0 Å². The molecule has 1 saturated heterocycles. The first-order chi connectivity index (χ1) is 14.0. The van der Waals surface area contributed by atoms with Gasteiger partial charge in [-0.25, -0.2) is 8.42 Å². The Labute approximate surface area is 178 Å². The van der Waals surface area contributed by atoms with Gasteiger partial charge in [-0.3, -0.25) is 13.7 Å². The van der Waals surface area contributed by atoms with Gasteiger partial charge in [-0.2, -0.15) is 0 Å². The lowest BCUT2D eigenvalue weighted by molar-refractivity contribution is 0.156. The lowest BCUT2D eigenvalue weighted by Gasteiger charge is -2.44. The molecule has 2 aromatic carbocycles. The van der Waals surface area contributed by atoms with Gasteiger partial charge in [-0.1, -0.05) is 25.1 Å². The Bertz CT molecular complexity index is 955. The van der Waals surface area contributed by atoms with Gasteiger partial charge in [0.25, 0.3) is 10.0 Å². The molecule has 5 nitrogen and oxygen atoms in total. The summed E-state index contributed by atoms with van der Waals surface area (Å²) in [5.74, 6) is 0.776. The van der Waals surface area contributed by atoms with E-state index >= 15 is 0 Å². The first-order valence-electron chi connectivity index (χ1n) is 10.4. The molecule has 2 heterocycles. The summed E-state index contributed by atoms with van der Waals surface area (Å²) in [6.07, 6.45) is 1.11. The normalized spacial score (nSPS) is 19.7. The molecule has 2 aliphatic heterocycles. The maximum absolute atomic E-state index is 13.4. The van der Waals surface area contributed by atoms with E-state index < -0.39 is 10.0 Å². The molecule has 29 heavy (non-hydrogen) atoms. The number of anilines is 1. The van der Waals surface area contributed by atoms with Crippen molar-refractivity contribution < 1.29 is 8.42 Å². The summed E-state index contributed by atoms with van der Waals surface area (Å²) in [5.41, 5.74) is 2.09. The van der Waals surface area contributed by atoms with E-state index in [0.717, 1.165) is 60.0 Å². The van der Waals surface area contributed by atoms with Crippen molar-refractivity contribution >= 4 is 33.2 Å². The molecule has 0 radical (unpaired) electrons. The van der Waals surface area contributed by atoms with Crippen LogP contribution in [0.4, 0.5) is 11.4 Å². The summed E-state index contributed by atoms with van der Waals surface area (Å²) in [7, 11) is -1.38. The van der Waals surface area contributed by atoms with Crippen LogP contribution in [-0.4, -0.2) is 65.4 Å². The molecule has 0 amide bonds. The molecule has 0 aromatic heterocycles. The van der Waals surface area contributed by atoms with Crippen LogP contribution in [0.3, 0.4) is 0 Å². The van der Waals surface area contributed by atoms with Crippen molar-refractivity contribution in [3.63, 3.8) is 0 Å². The second kappa shape index (κ2) is 8.30. The molecule has 0 atom stereocenters. The van der Waals surface area contributed by atoms with Crippen LogP contribution in [0.2, 0.25) is 0 Å². The molecule has 0 unspecified atom stereocenters. The van der Waals surface area contributed by atoms with Gasteiger partial charge in [-0.05, 0) is 31.7 Å². The zero-order chi connectivity index (χ0) is 20.5. The second-order valence-corrected chi connectivity index (χ2v) is 11.0. The van der Waals surface area contributed by atoms with Crippen LogP contribution in [0.1, 0.15) is 13.3 Å². The topological polar surface area (TPSA) is 40.6 Å². The number of nitrogens with zero attached hydrogens (tertiary/aromatic N) is 3. The van der Waals surface area contributed by atoms with Crippen LogP contribution in [0.5, 0.6) is 0 Å². The SMILES string of the molecule is CCC[N+]1(c2ccc3c(c2)N(S(=O)(=O)c2ccccc2)CCS3)CCN(C)CC1. The Morgan fingerprint density at radius 3 is 2.45 bits per heavy atom. The van der Waals surface area contributed by atoms with E-state index in [1.54, 1.807) is 40.3 Å². The molecule has 1 fully saturated rings. The third-order valence-electron chi connectivity index (χ3n) is 6.11. The summed E-state index contributed by atoms with van der Waals surface area (Å²) >= 11 is 1.75. The van der Waals surface area contributed by atoms with Crippen molar-refractivity contribution in [2.45, 2.75) is 23.1 Å². The zero-order valence-corrected chi connectivity index (χ0v) is 18.9. The predicted molar refractivity (Wildman–Crippen MR) is 122 cm³/mol. The number of thioether (sulfide) groups is 1. The minimum absolute atomic E-state index is 0.361. The summed E-state index contributed by atoms with van der Waals surface area (Å²) in [4.78, 5) is 3.80. The molecule has 2 aliphatic rings. The van der Waals surface area contributed by atoms with Gasteiger partial charge in [0.05, 0.1) is 30.2 Å². The van der Waals surface area contributed by atoms with E-state index in [4.69, 9.17) is 0 Å². The maximum Gasteiger partial charge on any atom is 0.264 e. The first kappa shape index (κ1) is 20.7. The van der Waals surface area contributed by atoms with E-state index in [2.05, 4.69) is 37.1 Å². The average molecular weight is 433 g/mol. The molecule has 0 bridgehead atoms. The van der Waals surface area contributed by atoms with Crippen molar-refractivity contribution in [2.75, 3.05) is 56.4 Å². The van der Waals surface area contributed by atoms with Crippen LogP contribution in [-0.2, 0) is 10.0 Å². The number of benzene rings is 2. The molecule has 0 N–H and O–H groups in total. The van der Waals surface area contributed by atoms with Crippen molar-refractivity contribution in [1.29, 1.82) is 0 Å².